The Balaban J connectivity index is 2.44. The Morgan fingerprint density at radius 3 is 2.94 bits per heavy atom. The molecule has 16 heavy (non-hydrogen) atoms. The number of allylic oxidation sites excluding steroid dienone is 2. The molecule has 3 heteroatoms. The van der Waals surface area contributed by atoms with Crippen LogP contribution >= 0.6 is 23.1 Å². The molecule has 1 rings (SSSR count). The number of hydrogen-bond donors (Lipinski definition) is 1. The third-order valence-corrected chi connectivity index (χ3v) is 4.20. The maximum atomic E-state index is 3.17. The molecular formula is C13H19NS2. The topological polar surface area (TPSA) is 12.0 Å². The van der Waals surface area contributed by atoms with E-state index in [9.17, 15) is 0 Å². The normalized spacial score (nSPS) is 13.2. The number of hydrogen-bond acceptors (Lipinski definition) is 3. The first-order chi connectivity index (χ1) is 7.76. The van der Waals surface area contributed by atoms with E-state index < -0.39 is 0 Å². The molecule has 0 unspecified atom stereocenters. The fraction of sp³-hybridized carbons (Fsp3) is 0.385. The second-order valence-electron chi connectivity index (χ2n) is 3.62. The Morgan fingerprint density at radius 2 is 2.38 bits per heavy atom. The molecule has 0 aliphatic rings. The highest BCUT2D eigenvalue weighted by molar-refractivity contribution is 8.05. The standard InChI is InChI=1S/C13H19NS2/c1-4-12(9-14-3)16-10-11(2)8-13-6-5-7-15-13/h4-7,10,14H,8-9H2,1-3H3/b11-10+,12-4-. The first-order valence-corrected chi connectivity index (χ1v) is 7.16. The third-order valence-electron chi connectivity index (χ3n) is 2.12. The van der Waals surface area contributed by atoms with E-state index in [-0.39, 0.29) is 0 Å². The van der Waals surface area contributed by atoms with Gasteiger partial charge in [-0.3, -0.25) is 0 Å². The molecule has 88 valence electrons. The number of thioether (sulfide) groups is 1. The van der Waals surface area contributed by atoms with Crippen molar-refractivity contribution in [1.29, 1.82) is 0 Å². The maximum Gasteiger partial charge on any atom is 0.0262 e. The predicted octanol–water partition coefficient (Wildman–Crippen LogP) is 4.05. The summed E-state index contributed by atoms with van der Waals surface area (Å²) in [4.78, 5) is 2.80. The molecule has 0 atom stereocenters. The summed E-state index contributed by atoms with van der Waals surface area (Å²) in [6.45, 7) is 5.23. The predicted molar refractivity (Wildman–Crippen MR) is 77.1 cm³/mol. The maximum absolute atomic E-state index is 3.17. The molecule has 0 spiro atoms. The van der Waals surface area contributed by atoms with Gasteiger partial charge in [0.2, 0.25) is 0 Å². The fourth-order valence-corrected chi connectivity index (χ4v) is 2.89. The highest BCUT2D eigenvalue weighted by Gasteiger charge is 1.97. The zero-order valence-electron chi connectivity index (χ0n) is 10.1. The molecule has 0 aromatic carbocycles. The van der Waals surface area contributed by atoms with Crippen molar-refractivity contribution in [2.45, 2.75) is 20.3 Å². The molecule has 1 N–H and O–H groups in total. The first-order valence-electron chi connectivity index (χ1n) is 5.40. The molecule has 1 heterocycles. The Kier molecular flexibility index (Phi) is 6.53. The highest BCUT2D eigenvalue weighted by atomic mass is 32.2. The molecule has 1 nitrogen and oxygen atoms in total. The van der Waals surface area contributed by atoms with Crippen LogP contribution in [0.25, 0.3) is 0 Å². The van der Waals surface area contributed by atoms with Crippen LogP contribution in [0.4, 0.5) is 0 Å². The summed E-state index contributed by atoms with van der Waals surface area (Å²) in [5.74, 6) is 0. The van der Waals surface area contributed by atoms with Crippen LogP contribution in [0.15, 0.2) is 39.5 Å². The summed E-state index contributed by atoms with van der Waals surface area (Å²) in [5, 5.41) is 7.56. The molecule has 0 aliphatic carbocycles. The average Bonchev–Trinajstić information content (AvgIpc) is 2.76. The minimum atomic E-state index is 0.948. The second-order valence-corrected chi connectivity index (χ2v) is 5.65. The van der Waals surface area contributed by atoms with Crippen LogP contribution < -0.4 is 5.32 Å². The van der Waals surface area contributed by atoms with Crippen molar-refractivity contribution in [2.75, 3.05) is 13.6 Å². The lowest BCUT2D eigenvalue weighted by atomic mass is 10.2. The Bertz CT molecular complexity index is 350. The average molecular weight is 253 g/mol. The van der Waals surface area contributed by atoms with Gasteiger partial charge in [0.05, 0.1) is 0 Å². The van der Waals surface area contributed by atoms with Gasteiger partial charge < -0.3 is 5.32 Å². The Hall–Kier alpha value is -0.510. The van der Waals surface area contributed by atoms with Gasteiger partial charge in [-0.2, -0.15) is 0 Å². The minimum Gasteiger partial charge on any atom is -0.315 e. The van der Waals surface area contributed by atoms with Crippen molar-refractivity contribution < 1.29 is 0 Å². The SMILES string of the molecule is C/C=C(/CNC)S/C=C(\C)Cc1cccs1. The van der Waals surface area contributed by atoms with Crippen LogP contribution in [0.1, 0.15) is 18.7 Å². The van der Waals surface area contributed by atoms with Crippen molar-refractivity contribution in [3.8, 4) is 0 Å². The van der Waals surface area contributed by atoms with E-state index in [1.807, 2.05) is 30.1 Å². The first kappa shape index (κ1) is 13.6. The summed E-state index contributed by atoms with van der Waals surface area (Å²) in [5.41, 5.74) is 1.42. The summed E-state index contributed by atoms with van der Waals surface area (Å²) >= 11 is 3.64. The van der Waals surface area contributed by atoms with Gasteiger partial charge in [-0.25, -0.2) is 0 Å². The van der Waals surface area contributed by atoms with Crippen molar-refractivity contribution in [1.82, 2.24) is 5.32 Å². The summed E-state index contributed by atoms with van der Waals surface area (Å²) < 4.78 is 0. The van der Waals surface area contributed by atoms with Gasteiger partial charge in [0.25, 0.3) is 0 Å². The number of likely N-dealkylation sites (N-methyl/N-ethyl adjacent to an activating group) is 1. The van der Waals surface area contributed by atoms with Gasteiger partial charge in [-0.05, 0) is 42.7 Å². The minimum absolute atomic E-state index is 0.948. The van der Waals surface area contributed by atoms with E-state index in [0.29, 0.717) is 0 Å². The van der Waals surface area contributed by atoms with Crippen LogP contribution in [-0.2, 0) is 6.42 Å². The molecule has 1 aromatic rings. The third kappa shape index (κ3) is 5.01. The van der Waals surface area contributed by atoms with Crippen LogP contribution in [0.2, 0.25) is 0 Å². The molecule has 0 saturated heterocycles. The molecule has 0 aliphatic heterocycles. The fourth-order valence-electron chi connectivity index (χ4n) is 1.29. The van der Waals surface area contributed by atoms with E-state index in [1.54, 1.807) is 0 Å². The van der Waals surface area contributed by atoms with Crippen molar-refractivity contribution in [3.05, 3.63) is 44.4 Å². The largest absolute Gasteiger partial charge is 0.315 e. The van der Waals surface area contributed by atoms with Gasteiger partial charge >= 0.3 is 0 Å². The Labute approximate surface area is 107 Å². The van der Waals surface area contributed by atoms with E-state index >= 15 is 0 Å². The molecule has 0 saturated carbocycles. The van der Waals surface area contributed by atoms with Gasteiger partial charge in [0, 0.05) is 17.8 Å². The summed E-state index contributed by atoms with van der Waals surface area (Å²) in [6.07, 6.45) is 3.23. The van der Waals surface area contributed by atoms with E-state index in [4.69, 9.17) is 0 Å². The smallest absolute Gasteiger partial charge is 0.0262 e. The monoisotopic (exact) mass is 253 g/mol. The lowest BCUT2D eigenvalue weighted by molar-refractivity contribution is 0.910. The molecule has 0 amide bonds. The van der Waals surface area contributed by atoms with E-state index in [2.05, 4.69) is 48.2 Å². The lowest BCUT2D eigenvalue weighted by Gasteiger charge is -2.03. The van der Waals surface area contributed by atoms with Crippen LogP contribution in [0, 0.1) is 0 Å². The summed E-state index contributed by atoms with van der Waals surface area (Å²) in [6, 6.07) is 4.30. The zero-order valence-corrected chi connectivity index (χ0v) is 11.8. The van der Waals surface area contributed by atoms with Crippen molar-refractivity contribution >= 4 is 23.1 Å². The number of rotatable bonds is 6. The van der Waals surface area contributed by atoms with Crippen molar-refractivity contribution in [3.63, 3.8) is 0 Å². The molecular weight excluding hydrogens is 234 g/mol. The van der Waals surface area contributed by atoms with Crippen LogP contribution in [-0.4, -0.2) is 13.6 Å². The quantitative estimate of drug-likeness (QED) is 0.821. The van der Waals surface area contributed by atoms with Gasteiger partial charge in [-0.1, -0.05) is 17.7 Å². The van der Waals surface area contributed by atoms with Gasteiger partial charge in [-0.15, -0.1) is 23.1 Å². The van der Waals surface area contributed by atoms with E-state index in [1.165, 1.54) is 15.4 Å². The number of thiophene rings is 1. The second kappa shape index (κ2) is 7.71. The zero-order chi connectivity index (χ0) is 11.8. The van der Waals surface area contributed by atoms with Gasteiger partial charge in [0.1, 0.15) is 0 Å². The van der Waals surface area contributed by atoms with Crippen LogP contribution in [0.3, 0.4) is 0 Å². The summed E-state index contributed by atoms with van der Waals surface area (Å²) in [7, 11) is 1.98. The Morgan fingerprint density at radius 1 is 1.56 bits per heavy atom. The van der Waals surface area contributed by atoms with Gasteiger partial charge in [0.15, 0.2) is 0 Å². The highest BCUT2D eigenvalue weighted by Crippen LogP contribution is 2.21. The molecule has 0 fully saturated rings. The van der Waals surface area contributed by atoms with Crippen LogP contribution in [0.5, 0.6) is 0 Å². The molecule has 0 radical (unpaired) electrons. The number of nitrogens with one attached hydrogen (secondary N) is 1. The van der Waals surface area contributed by atoms with E-state index in [0.717, 1.165) is 13.0 Å². The van der Waals surface area contributed by atoms with Crippen molar-refractivity contribution in [2.24, 2.45) is 0 Å². The molecule has 0 bridgehead atoms. The lowest BCUT2D eigenvalue weighted by Crippen LogP contribution is -2.08. The molecule has 1 aromatic heterocycles.